The first-order chi connectivity index (χ1) is 13.6. The minimum atomic E-state index is 0.216. The smallest absolute Gasteiger partial charge is 0.224 e. The van der Waals surface area contributed by atoms with Crippen LogP contribution in [0.5, 0.6) is 5.75 Å². The molecule has 0 aromatic heterocycles. The maximum atomic E-state index is 12.2. The third-order valence-corrected chi connectivity index (χ3v) is 4.61. The van der Waals surface area contributed by atoms with E-state index in [0.717, 1.165) is 49.4 Å². The summed E-state index contributed by atoms with van der Waals surface area (Å²) in [6.07, 6.45) is 2.73. The third-order valence-electron chi connectivity index (χ3n) is 4.61. The quantitative estimate of drug-likeness (QED) is 0.363. The van der Waals surface area contributed by atoms with Crippen molar-refractivity contribution in [1.82, 2.24) is 15.5 Å². The minimum absolute atomic E-state index is 0.216. The Labute approximate surface area is 168 Å². The SMILES string of the molecule is CCNC(=NCc1ccc(C)cc1OCCOC)NCCC(=O)N1CCCC1. The number of carbonyl (C=O) groups excluding carboxylic acids is 1. The van der Waals surface area contributed by atoms with E-state index in [1.54, 1.807) is 7.11 Å². The molecule has 1 aliphatic rings. The van der Waals surface area contributed by atoms with E-state index >= 15 is 0 Å². The summed E-state index contributed by atoms with van der Waals surface area (Å²) in [4.78, 5) is 18.8. The van der Waals surface area contributed by atoms with Gasteiger partial charge >= 0.3 is 0 Å². The van der Waals surface area contributed by atoms with E-state index in [4.69, 9.17) is 9.47 Å². The minimum Gasteiger partial charge on any atom is -0.491 e. The van der Waals surface area contributed by atoms with Gasteiger partial charge in [-0.2, -0.15) is 0 Å². The fraction of sp³-hybridized carbons (Fsp3) is 0.619. The molecule has 0 bridgehead atoms. The summed E-state index contributed by atoms with van der Waals surface area (Å²) in [5, 5.41) is 6.49. The van der Waals surface area contributed by atoms with E-state index in [0.29, 0.717) is 38.7 Å². The van der Waals surface area contributed by atoms with Crippen LogP contribution in [-0.4, -0.2) is 63.3 Å². The van der Waals surface area contributed by atoms with Crippen molar-refractivity contribution >= 4 is 11.9 Å². The number of amides is 1. The van der Waals surface area contributed by atoms with Gasteiger partial charge in [0.25, 0.3) is 0 Å². The number of hydrogen-bond donors (Lipinski definition) is 2. The second-order valence-corrected chi connectivity index (χ2v) is 6.91. The number of likely N-dealkylation sites (tertiary alicyclic amines) is 1. The van der Waals surface area contributed by atoms with Crippen LogP contribution in [0.25, 0.3) is 0 Å². The number of methoxy groups -OCH3 is 1. The molecule has 1 amide bonds. The summed E-state index contributed by atoms with van der Waals surface area (Å²) in [5.74, 6) is 1.76. The zero-order valence-electron chi connectivity index (χ0n) is 17.4. The van der Waals surface area contributed by atoms with Crippen LogP contribution >= 0.6 is 0 Å². The highest BCUT2D eigenvalue weighted by atomic mass is 16.5. The van der Waals surface area contributed by atoms with Crippen molar-refractivity contribution in [2.45, 2.75) is 39.7 Å². The molecule has 2 rings (SSSR count). The number of aryl methyl sites for hydroxylation is 1. The fourth-order valence-electron chi connectivity index (χ4n) is 3.08. The molecule has 2 N–H and O–H groups in total. The Morgan fingerprint density at radius 3 is 2.71 bits per heavy atom. The molecular formula is C21H34N4O3. The Morgan fingerprint density at radius 2 is 2.00 bits per heavy atom. The van der Waals surface area contributed by atoms with Crippen LogP contribution in [0, 0.1) is 6.92 Å². The van der Waals surface area contributed by atoms with Crippen molar-refractivity contribution in [2.24, 2.45) is 4.99 Å². The van der Waals surface area contributed by atoms with E-state index in [9.17, 15) is 4.79 Å². The molecule has 0 spiro atoms. The molecule has 1 aromatic carbocycles. The van der Waals surface area contributed by atoms with Crippen LogP contribution in [0.15, 0.2) is 23.2 Å². The maximum Gasteiger partial charge on any atom is 0.224 e. The van der Waals surface area contributed by atoms with Crippen LogP contribution in [0.2, 0.25) is 0 Å². The number of benzene rings is 1. The number of guanidine groups is 1. The van der Waals surface area contributed by atoms with Crippen LogP contribution in [0.1, 0.15) is 37.3 Å². The number of nitrogens with zero attached hydrogens (tertiary/aromatic N) is 2. The average molecular weight is 391 g/mol. The zero-order chi connectivity index (χ0) is 20.2. The number of nitrogens with one attached hydrogen (secondary N) is 2. The van der Waals surface area contributed by atoms with Gasteiger partial charge in [0.1, 0.15) is 12.4 Å². The largest absolute Gasteiger partial charge is 0.491 e. The van der Waals surface area contributed by atoms with Crippen molar-refractivity contribution in [1.29, 1.82) is 0 Å². The van der Waals surface area contributed by atoms with Gasteiger partial charge in [0.15, 0.2) is 5.96 Å². The van der Waals surface area contributed by atoms with Gasteiger partial charge in [0.05, 0.1) is 13.2 Å². The van der Waals surface area contributed by atoms with Crippen molar-refractivity contribution in [2.75, 3.05) is 46.5 Å². The Kier molecular flexibility index (Phi) is 9.62. The molecule has 7 heteroatoms. The molecule has 28 heavy (non-hydrogen) atoms. The first kappa shape index (κ1) is 22.0. The highest BCUT2D eigenvalue weighted by Crippen LogP contribution is 2.21. The number of ether oxygens (including phenoxy) is 2. The molecule has 1 aliphatic heterocycles. The van der Waals surface area contributed by atoms with E-state index in [-0.39, 0.29) is 5.91 Å². The molecular weight excluding hydrogens is 356 g/mol. The summed E-state index contributed by atoms with van der Waals surface area (Å²) in [5.41, 5.74) is 2.16. The maximum absolute atomic E-state index is 12.2. The van der Waals surface area contributed by atoms with Gasteiger partial charge in [0.2, 0.25) is 5.91 Å². The molecule has 0 radical (unpaired) electrons. The van der Waals surface area contributed by atoms with E-state index in [2.05, 4.69) is 21.7 Å². The normalized spacial score (nSPS) is 14.2. The lowest BCUT2D eigenvalue weighted by atomic mass is 10.1. The summed E-state index contributed by atoms with van der Waals surface area (Å²) in [7, 11) is 1.66. The molecule has 0 saturated carbocycles. The molecule has 1 aromatic rings. The molecule has 1 saturated heterocycles. The second kappa shape index (κ2) is 12.2. The van der Waals surface area contributed by atoms with Crippen molar-refractivity contribution in [3.05, 3.63) is 29.3 Å². The lowest BCUT2D eigenvalue weighted by Gasteiger charge is -2.16. The molecule has 0 aliphatic carbocycles. The van der Waals surface area contributed by atoms with Crippen LogP contribution in [0.4, 0.5) is 0 Å². The molecule has 156 valence electrons. The number of carbonyl (C=O) groups is 1. The summed E-state index contributed by atoms with van der Waals surface area (Å²) in [6, 6.07) is 6.13. The number of hydrogen-bond acceptors (Lipinski definition) is 4. The van der Waals surface area contributed by atoms with E-state index in [1.165, 1.54) is 0 Å². The zero-order valence-corrected chi connectivity index (χ0v) is 17.4. The van der Waals surface area contributed by atoms with Gasteiger partial charge < -0.3 is 25.0 Å². The van der Waals surface area contributed by atoms with Gasteiger partial charge in [-0.15, -0.1) is 0 Å². The Balaban J connectivity index is 1.91. The van der Waals surface area contributed by atoms with Crippen molar-refractivity contribution in [3.8, 4) is 5.75 Å². The van der Waals surface area contributed by atoms with Crippen LogP contribution in [-0.2, 0) is 16.1 Å². The Morgan fingerprint density at radius 1 is 1.21 bits per heavy atom. The average Bonchev–Trinajstić information content (AvgIpc) is 3.22. The number of aliphatic imine (C=N–C) groups is 1. The third kappa shape index (κ3) is 7.38. The van der Waals surface area contributed by atoms with E-state index < -0.39 is 0 Å². The topological polar surface area (TPSA) is 75.2 Å². The Bertz CT molecular complexity index is 643. The monoisotopic (exact) mass is 390 g/mol. The van der Waals surface area contributed by atoms with Gasteiger partial charge in [-0.25, -0.2) is 4.99 Å². The van der Waals surface area contributed by atoms with Gasteiger partial charge in [-0.05, 0) is 38.3 Å². The van der Waals surface area contributed by atoms with Gasteiger partial charge in [0, 0.05) is 45.3 Å². The lowest BCUT2D eigenvalue weighted by Crippen LogP contribution is -2.39. The van der Waals surface area contributed by atoms with Gasteiger partial charge in [-0.1, -0.05) is 12.1 Å². The molecule has 0 atom stereocenters. The molecule has 0 unspecified atom stereocenters. The van der Waals surface area contributed by atoms with Crippen molar-refractivity contribution in [3.63, 3.8) is 0 Å². The first-order valence-corrected chi connectivity index (χ1v) is 10.1. The standard InChI is InChI=1S/C21H34N4O3/c1-4-22-21(23-10-9-20(26)25-11-5-6-12-25)24-16-18-8-7-17(2)15-19(18)28-14-13-27-3/h7-8,15H,4-6,9-14,16H2,1-3H3,(H2,22,23,24). The first-order valence-electron chi connectivity index (χ1n) is 10.1. The summed E-state index contributed by atoms with van der Waals surface area (Å²) in [6.45, 7) is 8.75. The van der Waals surface area contributed by atoms with Crippen LogP contribution < -0.4 is 15.4 Å². The highest BCUT2D eigenvalue weighted by molar-refractivity contribution is 5.81. The van der Waals surface area contributed by atoms with Gasteiger partial charge in [-0.3, -0.25) is 4.79 Å². The molecule has 1 fully saturated rings. The predicted octanol–water partition coefficient (Wildman–Crippen LogP) is 2.09. The Hall–Kier alpha value is -2.28. The summed E-state index contributed by atoms with van der Waals surface area (Å²) >= 11 is 0. The number of rotatable bonds is 10. The fourth-order valence-corrected chi connectivity index (χ4v) is 3.08. The molecule has 7 nitrogen and oxygen atoms in total. The predicted molar refractivity (Wildman–Crippen MR) is 112 cm³/mol. The van der Waals surface area contributed by atoms with E-state index in [1.807, 2.05) is 30.9 Å². The lowest BCUT2D eigenvalue weighted by molar-refractivity contribution is -0.129. The van der Waals surface area contributed by atoms with Crippen molar-refractivity contribution < 1.29 is 14.3 Å². The van der Waals surface area contributed by atoms with Crippen LogP contribution in [0.3, 0.4) is 0 Å². The second-order valence-electron chi connectivity index (χ2n) is 6.91. The summed E-state index contributed by atoms with van der Waals surface area (Å²) < 4.78 is 10.9. The highest BCUT2D eigenvalue weighted by Gasteiger charge is 2.17. The molecule has 1 heterocycles.